The minimum absolute atomic E-state index is 0.0229. The molecule has 3 unspecified atom stereocenters. The highest BCUT2D eigenvalue weighted by atomic mass is 16.5. The summed E-state index contributed by atoms with van der Waals surface area (Å²) in [5, 5.41) is 3.44. The molecule has 3 rings (SSSR count). The molecule has 0 spiro atoms. The van der Waals surface area contributed by atoms with Crippen LogP contribution < -0.4 is 5.32 Å². The fraction of sp³-hybridized carbons (Fsp3) is 0.438. The number of rotatable bonds is 3. The lowest BCUT2D eigenvalue weighted by Crippen LogP contribution is -2.29. The topological polar surface area (TPSA) is 38.3 Å². The summed E-state index contributed by atoms with van der Waals surface area (Å²) in [6.45, 7) is 1.12. The van der Waals surface area contributed by atoms with Crippen molar-refractivity contribution in [3.8, 4) is 0 Å². The van der Waals surface area contributed by atoms with Crippen LogP contribution in [0.2, 0.25) is 0 Å². The van der Waals surface area contributed by atoms with Crippen molar-refractivity contribution in [2.24, 2.45) is 11.8 Å². The van der Waals surface area contributed by atoms with Crippen LogP contribution in [0.4, 0.5) is 0 Å². The number of carbonyl (C=O) groups excluding carboxylic acids is 1. The van der Waals surface area contributed by atoms with E-state index in [2.05, 4.69) is 17.5 Å². The van der Waals surface area contributed by atoms with Crippen molar-refractivity contribution < 1.29 is 9.53 Å². The Balaban J connectivity index is 1.59. The Morgan fingerprint density at radius 3 is 3.00 bits per heavy atom. The van der Waals surface area contributed by atoms with Crippen LogP contribution in [0.15, 0.2) is 42.5 Å². The Kier molecular flexibility index (Phi) is 3.65. The zero-order chi connectivity index (χ0) is 13.1. The molecule has 0 amide bonds. The van der Waals surface area contributed by atoms with Gasteiger partial charge in [0.2, 0.25) is 0 Å². The highest BCUT2D eigenvalue weighted by Crippen LogP contribution is 2.31. The van der Waals surface area contributed by atoms with E-state index >= 15 is 0 Å². The molecule has 0 radical (unpaired) electrons. The summed E-state index contributed by atoms with van der Waals surface area (Å²) in [6.07, 6.45) is 6.61. The summed E-state index contributed by atoms with van der Waals surface area (Å²) in [6, 6.07) is 10.3. The number of fused-ring (bicyclic) bond motifs is 1. The Morgan fingerprint density at radius 2 is 2.16 bits per heavy atom. The zero-order valence-corrected chi connectivity index (χ0v) is 10.9. The van der Waals surface area contributed by atoms with E-state index in [4.69, 9.17) is 4.74 Å². The van der Waals surface area contributed by atoms with Gasteiger partial charge in [0.25, 0.3) is 0 Å². The fourth-order valence-electron chi connectivity index (χ4n) is 3.00. The van der Waals surface area contributed by atoms with Crippen LogP contribution in [-0.4, -0.2) is 18.6 Å². The molecular formula is C16H19NO2. The van der Waals surface area contributed by atoms with Crippen molar-refractivity contribution >= 4 is 5.97 Å². The number of hydrogen-bond acceptors (Lipinski definition) is 3. The third kappa shape index (κ3) is 2.71. The second-order valence-corrected chi connectivity index (χ2v) is 5.30. The molecule has 100 valence electrons. The van der Waals surface area contributed by atoms with Crippen molar-refractivity contribution in [2.75, 3.05) is 6.54 Å². The van der Waals surface area contributed by atoms with Gasteiger partial charge >= 0.3 is 5.97 Å². The molecule has 0 bridgehead atoms. The maximum Gasteiger partial charge on any atom is 0.311 e. The van der Waals surface area contributed by atoms with Crippen LogP contribution in [0.5, 0.6) is 0 Å². The van der Waals surface area contributed by atoms with Crippen molar-refractivity contribution in [3.63, 3.8) is 0 Å². The predicted molar refractivity (Wildman–Crippen MR) is 73.4 cm³/mol. The minimum atomic E-state index is -0.0737. The summed E-state index contributed by atoms with van der Waals surface area (Å²) in [7, 11) is 0. The molecule has 1 N–H and O–H groups in total. The average Bonchev–Trinajstić information content (AvgIpc) is 2.90. The third-order valence-corrected chi connectivity index (χ3v) is 4.06. The first-order valence-corrected chi connectivity index (χ1v) is 6.95. The van der Waals surface area contributed by atoms with Gasteiger partial charge in [0, 0.05) is 18.5 Å². The molecule has 1 heterocycles. The first-order valence-electron chi connectivity index (χ1n) is 6.95. The summed E-state index contributed by atoms with van der Waals surface area (Å²) < 4.78 is 5.45. The van der Waals surface area contributed by atoms with E-state index in [0.29, 0.717) is 18.6 Å². The van der Waals surface area contributed by atoms with Crippen LogP contribution in [-0.2, 0) is 16.1 Å². The molecule has 1 fully saturated rings. The number of benzene rings is 1. The molecule has 0 saturated carbocycles. The Labute approximate surface area is 113 Å². The highest BCUT2D eigenvalue weighted by Gasteiger charge is 2.40. The van der Waals surface area contributed by atoms with E-state index in [-0.39, 0.29) is 11.9 Å². The van der Waals surface area contributed by atoms with Gasteiger partial charge in [0.1, 0.15) is 6.61 Å². The van der Waals surface area contributed by atoms with Crippen molar-refractivity contribution in [3.05, 3.63) is 48.0 Å². The van der Waals surface area contributed by atoms with Crippen LogP contribution in [0.25, 0.3) is 0 Å². The minimum Gasteiger partial charge on any atom is -0.461 e. The molecule has 2 aliphatic rings. The number of ether oxygens (including phenoxy) is 1. The van der Waals surface area contributed by atoms with Crippen LogP contribution in [0.1, 0.15) is 18.4 Å². The normalized spacial score (nSPS) is 28.9. The number of allylic oxidation sites excluding steroid dienone is 1. The SMILES string of the molecule is O=C(OCc1ccccc1)C1CNC2CCC=CC21. The number of hydrogen-bond donors (Lipinski definition) is 1. The van der Waals surface area contributed by atoms with E-state index in [1.165, 1.54) is 0 Å². The van der Waals surface area contributed by atoms with Crippen molar-refractivity contribution in [2.45, 2.75) is 25.5 Å². The van der Waals surface area contributed by atoms with Crippen LogP contribution >= 0.6 is 0 Å². The van der Waals surface area contributed by atoms with Crippen molar-refractivity contribution in [1.82, 2.24) is 5.32 Å². The Hall–Kier alpha value is -1.61. The Bertz CT molecular complexity index is 469. The fourth-order valence-corrected chi connectivity index (χ4v) is 3.00. The number of carbonyl (C=O) groups is 1. The smallest absolute Gasteiger partial charge is 0.311 e. The molecular weight excluding hydrogens is 238 g/mol. The van der Waals surface area contributed by atoms with E-state index < -0.39 is 0 Å². The van der Waals surface area contributed by atoms with Gasteiger partial charge in [-0.2, -0.15) is 0 Å². The van der Waals surface area contributed by atoms with Gasteiger partial charge in [-0.3, -0.25) is 4.79 Å². The first kappa shape index (κ1) is 12.4. The number of esters is 1. The second-order valence-electron chi connectivity index (χ2n) is 5.30. The molecule has 19 heavy (non-hydrogen) atoms. The molecule has 1 aliphatic heterocycles. The molecule has 3 atom stereocenters. The average molecular weight is 257 g/mol. The molecule has 3 heteroatoms. The molecule has 1 aliphatic carbocycles. The molecule has 1 aromatic carbocycles. The van der Waals surface area contributed by atoms with Crippen LogP contribution in [0.3, 0.4) is 0 Å². The lowest BCUT2D eigenvalue weighted by Gasteiger charge is -2.22. The summed E-state index contributed by atoms with van der Waals surface area (Å²) in [5.74, 6) is 0.220. The third-order valence-electron chi connectivity index (χ3n) is 4.06. The zero-order valence-electron chi connectivity index (χ0n) is 10.9. The van der Waals surface area contributed by atoms with Gasteiger partial charge in [-0.15, -0.1) is 0 Å². The maximum absolute atomic E-state index is 12.2. The van der Waals surface area contributed by atoms with Gasteiger partial charge in [0.15, 0.2) is 0 Å². The van der Waals surface area contributed by atoms with Gasteiger partial charge < -0.3 is 10.1 Å². The highest BCUT2D eigenvalue weighted by molar-refractivity contribution is 5.74. The van der Waals surface area contributed by atoms with Crippen LogP contribution in [0, 0.1) is 11.8 Å². The van der Waals surface area contributed by atoms with Gasteiger partial charge in [-0.1, -0.05) is 42.5 Å². The quantitative estimate of drug-likeness (QED) is 0.667. The first-order chi connectivity index (χ1) is 9.34. The molecule has 1 saturated heterocycles. The molecule has 0 aromatic heterocycles. The van der Waals surface area contributed by atoms with Gasteiger partial charge in [0.05, 0.1) is 5.92 Å². The monoisotopic (exact) mass is 257 g/mol. The standard InChI is InChI=1S/C16H19NO2/c18-16(19-11-12-6-2-1-3-7-12)14-10-17-15-9-5-4-8-13(14)15/h1-4,6-8,13-15,17H,5,9-11H2. The van der Waals surface area contributed by atoms with E-state index in [1.807, 2.05) is 30.3 Å². The second kappa shape index (κ2) is 5.57. The van der Waals surface area contributed by atoms with Gasteiger partial charge in [-0.25, -0.2) is 0 Å². The van der Waals surface area contributed by atoms with Gasteiger partial charge in [-0.05, 0) is 18.4 Å². The van der Waals surface area contributed by atoms with E-state index in [0.717, 1.165) is 24.9 Å². The van der Waals surface area contributed by atoms with E-state index in [1.54, 1.807) is 0 Å². The maximum atomic E-state index is 12.2. The predicted octanol–water partition coefficient (Wildman–Crippen LogP) is 2.28. The van der Waals surface area contributed by atoms with E-state index in [9.17, 15) is 4.79 Å². The summed E-state index contributed by atoms with van der Waals surface area (Å²) >= 11 is 0. The van der Waals surface area contributed by atoms with Crippen molar-refractivity contribution in [1.29, 1.82) is 0 Å². The lowest BCUT2D eigenvalue weighted by molar-refractivity contribution is -0.150. The molecule has 1 aromatic rings. The summed E-state index contributed by atoms with van der Waals surface area (Å²) in [4.78, 5) is 12.2. The Morgan fingerprint density at radius 1 is 1.32 bits per heavy atom. The number of nitrogens with one attached hydrogen (secondary N) is 1. The largest absolute Gasteiger partial charge is 0.461 e. The summed E-state index contributed by atoms with van der Waals surface area (Å²) in [5.41, 5.74) is 1.04. The lowest BCUT2D eigenvalue weighted by atomic mass is 9.85. The molecule has 3 nitrogen and oxygen atoms in total.